The predicted octanol–water partition coefficient (Wildman–Crippen LogP) is 4.06. The van der Waals surface area contributed by atoms with Gasteiger partial charge in [0.1, 0.15) is 5.75 Å². The molecular weight excluding hydrogens is 240 g/mol. The third-order valence-electron chi connectivity index (χ3n) is 2.24. The fourth-order valence-electron chi connectivity index (χ4n) is 1.57. The summed E-state index contributed by atoms with van der Waals surface area (Å²) in [6, 6.07) is 14.2. The Morgan fingerprint density at radius 2 is 1.76 bits per heavy atom. The molecule has 0 aliphatic carbocycles. The van der Waals surface area contributed by atoms with E-state index >= 15 is 0 Å². The lowest BCUT2D eigenvalue weighted by Crippen LogP contribution is -2.04. The standard InChI is InChI=1S/C13H9ClO3/c14-10-7-4-8-11(17-13(15)16)12(10)9-5-2-1-3-6-9/h1-8H,(H,15,16). The predicted molar refractivity (Wildman–Crippen MR) is 65.5 cm³/mol. The van der Waals surface area contributed by atoms with Gasteiger partial charge in [-0.15, -0.1) is 0 Å². The van der Waals surface area contributed by atoms with Gasteiger partial charge in [0.2, 0.25) is 0 Å². The first-order chi connectivity index (χ1) is 8.18. The highest BCUT2D eigenvalue weighted by molar-refractivity contribution is 6.33. The van der Waals surface area contributed by atoms with E-state index in [0.29, 0.717) is 10.6 Å². The maximum atomic E-state index is 10.6. The molecule has 0 aromatic heterocycles. The molecule has 0 bridgehead atoms. The topological polar surface area (TPSA) is 46.5 Å². The summed E-state index contributed by atoms with van der Waals surface area (Å²) in [6.45, 7) is 0. The molecule has 2 rings (SSSR count). The Kier molecular flexibility index (Phi) is 3.30. The van der Waals surface area contributed by atoms with Gasteiger partial charge in [-0.3, -0.25) is 0 Å². The van der Waals surface area contributed by atoms with Crippen LogP contribution in [0.25, 0.3) is 11.1 Å². The van der Waals surface area contributed by atoms with Crippen molar-refractivity contribution < 1.29 is 14.6 Å². The maximum absolute atomic E-state index is 10.6. The third-order valence-corrected chi connectivity index (χ3v) is 2.55. The fourth-order valence-corrected chi connectivity index (χ4v) is 1.84. The minimum Gasteiger partial charge on any atom is -0.449 e. The Balaban J connectivity index is 2.55. The monoisotopic (exact) mass is 248 g/mol. The number of carbonyl (C=O) groups is 1. The molecule has 0 aliphatic heterocycles. The zero-order chi connectivity index (χ0) is 12.3. The normalized spacial score (nSPS) is 9.94. The first kappa shape index (κ1) is 11.5. The van der Waals surface area contributed by atoms with E-state index < -0.39 is 6.16 Å². The van der Waals surface area contributed by atoms with Crippen LogP contribution in [0, 0.1) is 0 Å². The summed E-state index contributed by atoms with van der Waals surface area (Å²) in [5.74, 6) is 0.233. The highest BCUT2D eigenvalue weighted by Gasteiger charge is 2.12. The minimum absolute atomic E-state index is 0.233. The lowest BCUT2D eigenvalue weighted by Gasteiger charge is -2.09. The van der Waals surface area contributed by atoms with Crippen molar-refractivity contribution in [3.63, 3.8) is 0 Å². The molecule has 4 heteroatoms. The third kappa shape index (κ3) is 2.57. The van der Waals surface area contributed by atoms with Gasteiger partial charge in [-0.1, -0.05) is 48.0 Å². The van der Waals surface area contributed by atoms with Crippen molar-refractivity contribution in [3.8, 4) is 16.9 Å². The average molecular weight is 249 g/mol. The lowest BCUT2D eigenvalue weighted by atomic mass is 10.0. The van der Waals surface area contributed by atoms with Crippen LogP contribution in [-0.4, -0.2) is 11.3 Å². The minimum atomic E-state index is -1.36. The zero-order valence-electron chi connectivity index (χ0n) is 8.76. The van der Waals surface area contributed by atoms with Gasteiger partial charge in [-0.2, -0.15) is 0 Å². The summed E-state index contributed by atoms with van der Waals surface area (Å²) in [5.41, 5.74) is 1.39. The summed E-state index contributed by atoms with van der Waals surface area (Å²) >= 11 is 6.07. The Hall–Kier alpha value is -2.00. The zero-order valence-corrected chi connectivity index (χ0v) is 9.52. The number of benzene rings is 2. The molecule has 0 heterocycles. The van der Waals surface area contributed by atoms with Gasteiger partial charge in [0.15, 0.2) is 0 Å². The van der Waals surface area contributed by atoms with Crippen LogP contribution in [-0.2, 0) is 0 Å². The summed E-state index contributed by atoms with van der Waals surface area (Å²) < 4.78 is 4.71. The van der Waals surface area contributed by atoms with Crippen molar-refractivity contribution in [2.75, 3.05) is 0 Å². The van der Waals surface area contributed by atoms with Gasteiger partial charge in [0, 0.05) is 5.56 Å². The fraction of sp³-hybridized carbons (Fsp3) is 0. The number of hydrogen-bond donors (Lipinski definition) is 1. The van der Waals surface area contributed by atoms with Crippen molar-refractivity contribution in [2.24, 2.45) is 0 Å². The van der Waals surface area contributed by atoms with Crippen LogP contribution in [0.3, 0.4) is 0 Å². The Labute approximate surface area is 103 Å². The molecule has 0 atom stereocenters. The van der Waals surface area contributed by atoms with Crippen LogP contribution in [0.4, 0.5) is 4.79 Å². The molecule has 0 radical (unpaired) electrons. The van der Waals surface area contributed by atoms with Crippen molar-refractivity contribution in [2.45, 2.75) is 0 Å². The smallest absolute Gasteiger partial charge is 0.449 e. The van der Waals surface area contributed by atoms with Gasteiger partial charge in [-0.05, 0) is 17.7 Å². The van der Waals surface area contributed by atoms with Crippen LogP contribution >= 0.6 is 11.6 Å². The van der Waals surface area contributed by atoms with Gasteiger partial charge in [0.05, 0.1) is 5.02 Å². The largest absolute Gasteiger partial charge is 0.511 e. The van der Waals surface area contributed by atoms with Gasteiger partial charge in [0.25, 0.3) is 0 Å². The van der Waals surface area contributed by atoms with E-state index in [-0.39, 0.29) is 5.75 Å². The highest BCUT2D eigenvalue weighted by atomic mass is 35.5. The van der Waals surface area contributed by atoms with E-state index in [1.807, 2.05) is 30.3 Å². The number of hydrogen-bond acceptors (Lipinski definition) is 2. The molecule has 0 spiro atoms. The number of carboxylic acid groups (broad SMARTS) is 1. The molecule has 0 saturated carbocycles. The van der Waals surface area contributed by atoms with Gasteiger partial charge >= 0.3 is 6.16 Å². The van der Waals surface area contributed by atoms with Gasteiger partial charge < -0.3 is 9.84 Å². The molecule has 0 fully saturated rings. The number of rotatable bonds is 2. The summed E-state index contributed by atoms with van der Waals surface area (Å²) in [5, 5.41) is 9.12. The molecule has 2 aromatic carbocycles. The first-order valence-electron chi connectivity index (χ1n) is 4.93. The van der Waals surface area contributed by atoms with E-state index in [4.69, 9.17) is 21.4 Å². The van der Waals surface area contributed by atoms with Gasteiger partial charge in [-0.25, -0.2) is 4.79 Å². The van der Waals surface area contributed by atoms with E-state index in [1.165, 1.54) is 0 Å². The van der Waals surface area contributed by atoms with Crippen LogP contribution in [0.5, 0.6) is 5.75 Å². The summed E-state index contributed by atoms with van der Waals surface area (Å²) in [7, 11) is 0. The molecule has 0 unspecified atom stereocenters. The highest BCUT2D eigenvalue weighted by Crippen LogP contribution is 2.36. The SMILES string of the molecule is O=C(O)Oc1cccc(Cl)c1-c1ccccc1. The van der Waals surface area contributed by atoms with E-state index in [9.17, 15) is 4.79 Å². The van der Waals surface area contributed by atoms with E-state index in [0.717, 1.165) is 5.56 Å². The summed E-state index contributed by atoms with van der Waals surface area (Å²) in [4.78, 5) is 10.6. The van der Waals surface area contributed by atoms with Crippen molar-refractivity contribution in [1.82, 2.24) is 0 Å². The molecule has 0 amide bonds. The quantitative estimate of drug-likeness (QED) is 0.644. The van der Waals surface area contributed by atoms with E-state index in [2.05, 4.69) is 0 Å². The second-order valence-electron chi connectivity index (χ2n) is 3.35. The molecule has 2 aromatic rings. The molecule has 0 saturated heterocycles. The first-order valence-corrected chi connectivity index (χ1v) is 5.31. The average Bonchev–Trinajstić information content (AvgIpc) is 2.29. The second-order valence-corrected chi connectivity index (χ2v) is 3.75. The number of ether oxygens (including phenoxy) is 1. The molecule has 86 valence electrons. The van der Waals surface area contributed by atoms with Crippen molar-refractivity contribution >= 4 is 17.8 Å². The Morgan fingerprint density at radius 3 is 2.41 bits per heavy atom. The Morgan fingerprint density at radius 1 is 1.06 bits per heavy atom. The molecule has 17 heavy (non-hydrogen) atoms. The van der Waals surface area contributed by atoms with E-state index in [1.54, 1.807) is 18.2 Å². The Bertz CT molecular complexity index is 538. The van der Waals surface area contributed by atoms with Crippen molar-refractivity contribution in [3.05, 3.63) is 53.6 Å². The van der Waals surface area contributed by atoms with Crippen LogP contribution in [0.15, 0.2) is 48.5 Å². The lowest BCUT2D eigenvalue weighted by molar-refractivity contribution is 0.144. The van der Waals surface area contributed by atoms with Crippen LogP contribution in [0.1, 0.15) is 0 Å². The maximum Gasteiger partial charge on any atom is 0.511 e. The molecular formula is C13H9ClO3. The summed E-state index contributed by atoms with van der Waals surface area (Å²) in [6.07, 6.45) is -1.36. The van der Waals surface area contributed by atoms with Crippen LogP contribution in [0.2, 0.25) is 5.02 Å². The van der Waals surface area contributed by atoms with Crippen LogP contribution < -0.4 is 4.74 Å². The molecule has 1 N–H and O–H groups in total. The van der Waals surface area contributed by atoms with Crippen molar-refractivity contribution in [1.29, 1.82) is 0 Å². The molecule has 0 aliphatic rings. The molecule has 3 nitrogen and oxygen atoms in total. The number of halogens is 1. The second kappa shape index (κ2) is 4.89.